The Hall–Kier alpha value is -0.640. The predicted octanol–water partition coefficient (Wildman–Crippen LogP) is 0.623. The third-order valence-corrected chi connectivity index (χ3v) is 4.64. The summed E-state index contributed by atoms with van der Waals surface area (Å²) in [7, 11) is -1.68. The van der Waals surface area contributed by atoms with Crippen LogP contribution in [0.15, 0.2) is 11.3 Å². The summed E-state index contributed by atoms with van der Waals surface area (Å²) in [4.78, 5) is 23.3. The highest BCUT2D eigenvalue weighted by atomic mass is 31.2. The van der Waals surface area contributed by atoms with Crippen LogP contribution in [0.2, 0.25) is 0 Å². The predicted molar refractivity (Wildman–Crippen MR) is 51.6 cm³/mol. The first-order valence-corrected chi connectivity index (χ1v) is 6.51. The SMILES string of the molecule is CO[P+]1([O-])CC[C@@H]2COC(=O)C2=C(C)O1. The van der Waals surface area contributed by atoms with Crippen LogP contribution < -0.4 is 4.89 Å². The van der Waals surface area contributed by atoms with Gasteiger partial charge in [0.15, 0.2) is 5.76 Å². The van der Waals surface area contributed by atoms with Crippen LogP contribution in [0.5, 0.6) is 0 Å². The Morgan fingerprint density at radius 1 is 1.60 bits per heavy atom. The zero-order chi connectivity index (χ0) is 11.1. The van der Waals surface area contributed by atoms with Gasteiger partial charge in [0.2, 0.25) is 0 Å². The van der Waals surface area contributed by atoms with Gasteiger partial charge in [-0.15, -0.1) is 0 Å². The minimum atomic E-state index is -3.04. The van der Waals surface area contributed by atoms with E-state index >= 15 is 0 Å². The maximum absolute atomic E-state index is 11.9. The second-order valence-electron chi connectivity index (χ2n) is 3.66. The molecular weight excluding hydrogens is 219 g/mol. The Labute approximate surface area is 88.6 Å². The first-order valence-electron chi connectivity index (χ1n) is 4.78. The molecule has 0 bridgehead atoms. The third kappa shape index (κ3) is 1.87. The van der Waals surface area contributed by atoms with Crippen molar-refractivity contribution < 1.29 is 23.5 Å². The van der Waals surface area contributed by atoms with Crippen molar-refractivity contribution in [1.29, 1.82) is 0 Å². The van der Waals surface area contributed by atoms with E-state index in [4.69, 9.17) is 13.8 Å². The standard InChI is InChI=1S/C9H13O5P/c1-6-8-7(5-13-9(8)10)3-4-15(11,12-2)14-6/h7H,3-5H2,1-2H3/t7-,15?/m1/s1. The van der Waals surface area contributed by atoms with Gasteiger partial charge in [0.25, 0.3) is 7.94 Å². The molecule has 0 spiro atoms. The second kappa shape index (κ2) is 3.74. The van der Waals surface area contributed by atoms with E-state index in [1.807, 2.05) is 0 Å². The Bertz CT molecular complexity index is 326. The summed E-state index contributed by atoms with van der Waals surface area (Å²) in [6, 6.07) is 0. The summed E-state index contributed by atoms with van der Waals surface area (Å²) in [5.74, 6) is 0.0238. The fraction of sp³-hybridized carbons (Fsp3) is 0.667. The Kier molecular flexibility index (Phi) is 2.71. The van der Waals surface area contributed by atoms with Crippen molar-refractivity contribution in [3.63, 3.8) is 0 Å². The summed E-state index contributed by atoms with van der Waals surface area (Å²) in [5, 5.41) is 0. The molecular formula is C9H13O5P. The van der Waals surface area contributed by atoms with E-state index in [9.17, 15) is 9.69 Å². The van der Waals surface area contributed by atoms with Crippen molar-refractivity contribution in [1.82, 2.24) is 0 Å². The first-order chi connectivity index (χ1) is 7.06. The van der Waals surface area contributed by atoms with Crippen molar-refractivity contribution in [2.45, 2.75) is 13.3 Å². The molecule has 84 valence electrons. The van der Waals surface area contributed by atoms with Gasteiger partial charge in [-0.2, -0.15) is 0 Å². The van der Waals surface area contributed by atoms with Crippen molar-refractivity contribution in [2.24, 2.45) is 5.92 Å². The van der Waals surface area contributed by atoms with Crippen LogP contribution >= 0.6 is 7.94 Å². The average molecular weight is 232 g/mol. The number of hydrogen-bond acceptors (Lipinski definition) is 5. The molecule has 0 aromatic heterocycles. The number of fused-ring (bicyclic) bond motifs is 1. The van der Waals surface area contributed by atoms with E-state index in [1.165, 1.54) is 7.11 Å². The van der Waals surface area contributed by atoms with E-state index in [0.29, 0.717) is 30.5 Å². The van der Waals surface area contributed by atoms with Crippen LogP contribution in [0.25, 0.3) is 0 Å². The molecule has 15 heavy (non-hydrogen) atoms. The van der Waals surface area contributed by atoms with Crippen LogP contribution in [-0.4, -0.2) is 25.8 Å². The van der Waals surface area contributed by atoms with Crippen LogP contribution in [0, 0.1) is 5.92 Å². The molecule has 0 radical (unpaired) electrons. The number of cyclic esters (lactones) is 1. The van der Waals surface area contributed by atoms with E-state index in [2.05, 4.69) is 0 Å². The molecule has 0 amide bonds. The second-order valence-corrected chi connectivity index (χ2v) is 5.88. The van der Waals surface area contributed by atoms with Crippen molar-refractivity contribution >= 4 is 13.9 Å². The van der Waals surface area contributed by atoms with Crippen molar-refractivity contribution in [3.8, 4) is 0 Å². The molecule has 0 aliphatic carbocycles. The van der Waals surface area contributed by atoms with E-state index in [1.54, 1.807) is 6.92 Å². The first kappa shape index (κ1) is 10.9. The highest BCUT2D eigenvalue weighted by molar-refractivity contribution is 7.59. The maximum atomic E-state index is 11.9. The van der Waals surface area contributed by atoms with Gasteiger partial charge >= 0.3 is 5.97 Å². The largest absolute Gasteiger partial charge is 0.624 e. The number of esters is 1. The van der Waals surface area contributed by atoms with Gasteiger partial charge in [-0.1, -0.05) is 0 Å². The molecule has 2 aliphatic heterocycles. The number of ether oxygens (including phenoxy) is 1. The molecule has 0 saturated carbocycles. The number of carbonyl (C=O) groups excluding carboxylic acids is 1. The summed E-state index contributed by atoms with van der Waals surface area (Å²) in [5.41, 5.74) is 0.518. The molecule has 2 atom stereocenters. The van der Waals surface area contributed by atoms with Gasteiger partial charge < -0.3 is 14.2 Å². The molecule has 2 aliphatic rings. The minimum Gasteiger partial charge on any atom is -0.624 e. The quantitative estimate of drug-likeness (QED) is 0.489. The Balaban J connectivity index is 2.31. The fourth-order valence-corrected chi connectivity index (χ4v) is 3.40. The Morgan fingerprint density at radius 2 is 2.33 bits per heavy atom. The number of carbonyl (C=O) groups is 1. The van der Waals surface area contributed by atoms with Crippen LogP contribution in [0.4, 0.5) is 0 Å². The van der Waals surface area contributed by atoms with E-state index < -0.39 is 7.94 Å². The zero-order valence-electron chi connectivity index (χ0n) is 8.69. The van der Waals surface area contributed by atoms with Gasteiger partial charge in [0.1, 0.15) is 6.16 Å². The number of rotatable bonds is 1. The van der Waals surface area contributed by atoms with Crippen LogP contribution in [0.3, 0.4) is 0 Å². The number of hydrogen-bond donors (Lipinski definition) is 0. The molecule has 1 saturated heterocycles. The monoisotopic (exact) mass is 232 g/mol. The van der Waals surface area contributed by atoms with E-state index in [0.717, 1.165) is 0 Å². The third-order valence-electron chi connectivity index (χ3n) is 2.73. The zero-order valence-corrected chi connectivity index (χ0v) is 9.58. The lowest BCUT2D eigenvalue weighted by molar-refractivity contribution is -0.212. The maximum Gasteiger partial charge on any atom is 0.338 e. The topological polar surface area (TPSA) is 67.8 Å². The lowest BCUT2D eigenvalue weighted by Gasteiger charge is -2.24. The summed E-state index contributed by atoms with van der Waals surface area (Å²) in [6.07, 6.45) is 0.926. The van der Waals surface area contributed by atoms with Gasteiger partial charge in [-0.05, 0) is 13.3 Å². The van der Waals surface area contributed by atoms with Crippen molar-refractivity contribution in [2.75, 3.05) is 19.9 Å². The van der Waals surface area contributed by atoms with Gasteiger partial charge in [0.05, 0.1) is 19.3 Å². The van der Waals surface area contributed by atoms with Crippen molar-refractivity contribution in [3.05, 3.63) is 11.3 Å². The van der Waals surface area contributed by atoms with Crippen LogP contribution in [-0.2, 0) is 18.6 Å². The van der Waals surface area contributed by atoms with E-state index in [-0.39, 0.29) is 11.9 Å². The normalized spacial score (nSPS) is 35.7. The highest BCUT2D eigenvalue weighted by Crippen LogP contribution is 2.57. The molecule has 1 unspecified atom stereocenters. The molecule has 6 heteroatoms. The fourth-order valence-electron chi connectivity index (χ4n) is 1.91. The molecule has 0 N–H and O–H groups in total. The molecule has 1 fully saturated rings. The lowest BCUT2D eigenvalue weighted by Crippen LogP contribution is -2.17. The van der Waals surface area contributed by atoms with Gasteiger partial charge in [-0.3, -0.25) is 0 Å². The molecule has 2 rings (SSSR count). The van der Waals surface area contributed by atoms with Crippen LogP contribution in [0.1, 0.15) is 13.3 Å². The summed E-state index contributed by atoms with van der Waals surface area (Å²) < 4.78 is 15.0. The summed E-state index contributed by atoms with van der Waals surface area (Å²) >= 11 is 0. The summed E-state index contributed by atoms with van der Waals surface area (Å²) in [6.45, 7) is 1.99. The average Bonchev–Trinajstić information content (AvgIpc) is 2.50. The molecule has 2 heterocycles. The minimum absolute atomic E-state index is 0.00322. The van der Waals surface area contributed by atoms with Gasteiger partial charge in [-0.25, -0.2) is 9.32 Å². The molecule has 0 aromatic rings. The number of allylic oxidation sites excluding steroid dienone is 1. The molecule has 0 aromatic carbocycles. The smallest absolute Gasteiger partial charge is 0.338 e. The highest BCUT2D eigenvalue weighted by Gasteiger charge is 2.43. The Morgan fingerprint density at radius 3 is 3.00 bits per heavy atom. The molecule has 5 nitrogen and oxygen atoms in total. The lowest BCUT2D eigenvalue weighted by atomic mass is 9.99. The van der Waals surface area contributed by atoms with Gasteiger partial charge in [0, 0.05) is 5.92 Å².